The molecular weight excluding hydrogens is 235 g/mol. The van der Waals surface area contributed by atoms with Crippen LogP contribution in [0, 0.1) is 11.7 Å². The molecule has 4 N–H and O–H groups in total. The second-order valence-electron chi connectivity index (χ2n) is 4.51. The number of halogens is 1. The molecule has 1 amide bonds. The number of hydrogen-bond acceptors (Lipinski definition) is 4. The molecule has 1 aliphatic rings. The summed E-state index contributed by atoms with van der Waals surface area (Å²) in [4.78, 5) is 15.5. The molecular formula is C12H17FN4O. The van der Waals surface area contributed by atoms with Crippen molar-refractivity contribution in [1.82, 2.24) is 10.3 Å². The molecule has 0 atom stereocenters. The van der Waals surface area contributed by atoms with Crippen molar-refractivity contribution < 1.29 is 9.18 Å². The molecule has 1 saturated carbocycles. The van der Waals surface area contributed by atoms with Crippen molar-refractivity contribution in [3.63, 3.8) is 0 Å². The third-order valence-electron chi connectivity index (χ3n) is 3.33. The number of nitrogen functional groups attached to an aromatic ring is 1. The van der Waals surface area contributed by atoms with Crippen LogP contribution in [0.15, 0.2) is 12.3 Å². The van der Waals surface area contributed by atoms with Gasteiger partial charge in [-0.15, -0.1) is 0 Å². The molecule has 0 aliphatic heterocycles. The Morgan fingerprint density at radius 1 is 1.56 bits per heavy atom. The van der Waals surface area contributed by atoms with Crippen LogP contribution in [-0.2, 0) is 0 Å². The van der Waals surface area contributed by atoms with E-state index in [9.17, 15) is 9.18 Å². The number of nitrogens with zero attached hydrogens (tertiary/aromatic N) is 1. The van der Waals surface area contributed by atoms with E-state index in [4.69, 9.17) is 5.84 Å². The highest BCUT2D eigenvalue weighted by atomic mass is 19.1. The van der Waals surface area contributed by atoms with E-state index in [1.54, 1.807) is 0 Å². The molecule has 18 heavy (non-hydrogen) atoms. The number of nitrogens with one attached hydrogen (secondary N) is 2. The molecule has 1 aromatic rings. The largest absolute Gasteiger partial charge is 0.352 e. The minimum atomic E-state index is -0.721. The van der Waals surface area contributed by atoms with Gasteiger partial charge in [0.1, 0.15) is 0 Å². The molecule has 98 valence electrons. The first-order valence-corrected chi connectivity index (χ1v) is 6.11. The summed E-state index contributed by atoms with van der Waals surface area (Å²) in [7, 11) is 0. The topological polar surface area (TPSA) is 80.0 Å². The summed E-state index contributed by atoms with van der Waals surface area (Å²) in [6, 6.07) is 1.34. The van der Waals surface area contributed by atoms with E-state index in [2.05, 4.69) is 15.7 Å². The summed E-state index contributed by atoms with van der Waals surface area (Å²) in [6.07, 6.45) is 6.06. The van der Waals surface area contributed by atoms with Gasteiger partial charge >= 0.3 is 0 Å². The van der Waals surface area contributed by atoms with Crippen molar-refractivity contribution in [1.29, 1.82) is 0 Å². The molecule has 0 saturated heterocycles. The van der Waals surface area contributed by atoms with Gasteiger partial charge in [-0.05, 0) is 18.4 Å². The Morgan fingerprint density at radius 2 is 2.33 bits per heavy atom. The lowest BCUT2D eigenvalue weighted by molar-refractivity contribution is 0.0945. The fourth-order valence-electron chi connectivity index (χ4n) is 1.99. The summed E-state index contributed by atoms with van der Waals surface area (Å²) in [5, 5.41) is 2.71. The lowest BCUT2D eigenvalue weighted by atomic mass is 9.83. The number of pyridine rings is 1. The molecule has 1 aliphatic carbocycles. The van der Waals surface area contributed by atoms with E-state index >= 15 is 0 Å². The minimum Gasteiger partial charge on any atom is -0.352 e. The van der Waals surface area contributed by atoms with Crippen molar-refractivity contribution >= 4 is 11.7 Å². The van der Waals surface area contributed by atoms with Gasteiger partial charge in [0.25, 0.3) is 5.91 Å². The number of nitrogens with two attached hydrogens (primary N) is 1. The third-order valence-corrected chi connectivity index (χ3v) is 3.33. The van der Waals surface area contributed by atoms with Gasteiger partial charge in [0, 0.05) is 12.7 Å². The smallest absolute Gasteiger partial charge is 0.254 e. The van der Waals surface area contributed by atoms with Gasteiger partial charge in [-0.1, -0.05) is 19.3 Å². The number of rotatable bonds is 5. The summed E-state index contributed by atoms with van der Waals surface area (Å²) >= 11 is 0. The highest BCUT2D eigenvalue weighted by molar-refractivity contribution is 5.95. The molecule has 1 fully saturated rings. The van der Waals surface area contributed by atoms with Crippen molar-refractivity contribution in [3.05, 3.63) is 23.6 Å². The lowest BCUT2D eigenvalue weighted by Crippen LogP contribution is -2.28. The Kier molecular flexibility index (Phi) is 4.09. The van der Waals surface area contributed by atoms with Crippen LogP contribution >= 0.6 is 0 Å². The third kappa shape index (κ3) is 2.76. The Hall–Kier alpha value is -1.69. The van der Waals surface area contributed by atoms with Crippen molar-refractivity contribution in [2.45, 2.75) is 25.7 Å². The van der Waals surface area contributed by atoms with Crippen LogP contribution in [0.25, 0.3) is 0 Å². The summed E-state index contributed by atoms with van der Waals surface area (Å²) in [5.74, 6) is 4.55. The van der Waals surface area contributed by atoms with Crippen molar-refractivity contribution in [3.8, 4) is 0 Å². The fourth-order valence-corrected chi connectivity index (χ4v) is 1.99. The number of amides is 1. The van der Waals surface area contributed by atoms with Crippen LogP contribution in [0.4, 0.5) is 10.2 Å². The summed E-state index contributed by atoms with van der Waals surface area (Å²) in [6.45, 7) is 0.580. The highest BCUT2D eigenvalue weighted by Gasteiger charge is 2.18. The van der Waals surface area contributed by atoms with E-state index in [0.717, 1.165) is 6.42 Å². The predicted octanol–water partition coefficient (Wildman–Crippen LogP) is 1.43. The zero-order valence-electron chi connectivity index (χ0n) is 10.1. The van der Waals surface area contributed by atoms with Crippen molar-refractivity contribution in [2.75, 3.05) is 12.0 Å². The van der Waals surface area contributed by atoms with E-state index in [0.29, 0.717) is 12.5 Å². The van der Waals surface area contributed by atoms with Crippen LogP contribution in [0.2, 0.25) is 0 Å². The maximum absolute atomic E-state index is 13.7. The fraction of sp³-hybridized carbons (Fsp3) is 0.500. The van der Waals surface area contributed by atoms with Gasteiger partial charge in [0.15, 0.2) is 11.6 Å². The molecule has 0 aromatic carbocycles. The van der Waals surface area contributed by atoms with Crippen molar-refractivity contribution in [2.24, 2.45) is 11.8 Å². The normalized spacial score (nSPS) is 15.0. The monoisotopic (exact) mass is 252 g/mol. The zero-order valence-corrected chi connectivity index (χ0v) is 10.1. The minimum absolute atomic E-state index is 0.0356. The van der Waals surface area contributed by atoms with Crippen LogP contribution in [-0.4, -0.2) is 17.4 Å². The molecule has 5 nitrogen and oxygen atoms in total. The number of aromatic nitrogens is 1. The van der Waals surface area contributed by atoms with E-state index in [1.165, 1.54) is 31.5 Å². The zero-order chi connectivity index (χ0) is 13.0. The Labute approximate surface area is 105 Å². The second kappa shape index (κ2) is 5.77. The average molecular weight is 252 g/mol. The maximum atomic E-state index is 13.7. The van der Waals surface area contributed by atoms with E-state index in [-0.39, 0.29) is 11.4 Å². The standard InChI is InChI=1S/C12H17FN4O/c13-10-9(5-7-15-11(10)17-14)12(18)16-6-4-8-2-1-3-8/h5,7-8H,1-4,6,14H2,(H,15,17)(H,16,18). The first-order chi connectivity index (χ1) is 8.72. The van der Waals surface area contributed by atoms with Gasteiger partial charge in [-0.3, -0.25) is 4.79 Å². The molecule has 0 spiro atoms. The molecule has 0 radical (unpaired) electrons. The maximum Gasteiger partial charge on any atom is 0.254 e. The number of hydrazine groups is 1. The Morgan fingerprint density at radius 3 is 2.94 bits per heavy atom. The number of hydrogen-bond donors (Lipinski definition) is 3. The molecule has 0 unspecified atom stereocenters. The molecule has 6 heteroatoms. The lowest BCUT2D eigenvalue weighted by Gasteiger charge is -2.25. The van der Waals surface area contributed by atoms with Gasteiger partial charge in [-0.25, -0.2) is 15.2 Å². The SMILES string of the molecule is NNc1nccc(C(=O)NCCC2CCC2)c1F. The number of anilines is 1. The van der Waals surface area contributed by atoms with Gasteiger partial charge in [0.05, 0.1) is 5.56 Å². The summed E-state index contributed by atoms with van der Waals surface area (Å²) < 4.78 is 13.7. The Bertz CT molecular complexity index is 434. The molecule has 2 rings (SSSR count). The number of carbonyl (C=O) groups excluding carboxylic acids is 1. The first kappa shape index (κ1) is 12.8. The predicted molar refractivity (Wildman–Crippen MR) is 66.3 cm³/mol. The van der Waals surface area contributed by atoms with Gasteiger partial charge in [-0.2, -0.15) is 0 Å². The summed E-state index contributed by atoms with van der Waals surface area (Å²) in [5.41, 5.74) is 2.08. The van der Waals surface area contributed by atoms with Crippen LogP contribution in [0.3, 0.4) is 0 Å². The van der Waals surface area contributed by atoms with E-state index in [1.807, 2.05) is 0 Å². The van der Waals surface area contributed by atoms with Crippen LogP contribution in [0.1, 0.15) is 36.0 Å². The van der Waals surface area contributed by atoms with Crippen LogP contribution in [0.5, 0.6) is 0 Å². The first-order valence-electron chi connectivity index (χ1n) is 6.11. The molecule has 1 aromatic heterocycles. The quantitative estimate of drug-likeness (QED) is 0.547. The van der Waals surface area contributed by atoms with E-state index < -0.39 is 11.7 Å². The molecule has 0 bridgehead atoms. The average Bonchev–Trinajstić information content (AvgIpc) is 2.32. The molecule has 1 heterocycles. The highest BCUT2D eigenvalue weighted by Crippen LogP contribution is 2.28. The van der Waals surface area contributed by atoms with Gasteiger partial charge < -0.3 is 10.7 Å². The Balaban J connectivity index is 1.91. The number of carbonyl (C=O) groups is 1. The second-order valence-corrected chi connectivity index (χ2v) is 4.51. The van der Waals surface area contributed by atoms with Gasteiger partial charge in [0.2, 0.25) is 0 Å². The van der Waals surface area contributed by atoms with Crippen LogP contribution < -0.4 is 16.6 Å².